The maximum atomic E-state index is 12.6. The Morgan fingerprint density at radius 1 is 1.17 bits per heavy atom. The standard InChI is InChI=1S/C16H21N3O3S/c1-12-5-3-4-6-15(12)11-23(20,21)19-9-7-14(8-10-19)16-18-17-13(2)22-16/h3-6,14H,7-11H2,1-2H3. The second-order valence-electron chi connectivity index (χ2n) is 6.02. The van der Waals surface area contributed by atoms with Crippen molar-refractivity contribution >= 4 is 10.0 Å². The Labute approximate surface area is 136 Å². The highest BCUT2D eigenvalue weighted by molar-refractivity contribution is 7.88. The third kappa shape index (κ3) is 3.61. The van der Waals surface area contributed by atoms with Gasteiger partial charge in [-0.15, -0.1) is 10.2 Å². The lowest BCUT2D eigenvalue weighted by Gasteiger charge is -2.29. The van der Waals surface area contributed by atoms with Gasteiger partial charge < -0.3 is 4.42 Å². The van der Waals surface area contributed by atoms with E-state index in [4.69, 9.17) is 4.42 Å². The molecule has 7 heteroatoms. The molecule has 0 unspecified atom stereocenters. The summed E-state index contributed by atoms with van der Waals surface area (Å²) in [5.41, 5.74) is 1.87. The first-order valence-corrected chi connectivity index (χ1v) is 9.39. The maximum absolute atomic E-state index is 12.6. The molecule has 2 heterocycles. The normalized spacial score (nSPS) is 17.5. The van der Waals surface area contributed by atoms with E-state index < -0.39 is 10.0 Å². The van der Waals surface area contributed by atoms with Gasteiger partial charge in [0.2, 0.25) is 21.8 Å². The van der Waals surface area contributed by atoms with E-state index in [1.807, 2.05) is 31.2 Å². The van der Waals surface area contributed by atoms with Gasteiger partial charge in [-0.25, -0.2) is 12.7 Å². The fourth-order valence-electron chi connectivity index (χ4n) is 2.92. The average Bonchev–Trinajstić information content (AvgIpc) is 2.96. The van der Waals surface area contributed by atoms with Crippen molar-refractivity contribution in [3.05, 3.63) is 47.2 Å². The number of benzene rings is 1. The Morgan fingerprint density at radius 2 is 1.87 bits per heavy atom. The topological polar surface area (TPSA) is 76.3 Å². The molecule has 1 aliphatic rings. The number of hydrogen-bond acceptors (Lipinski definition) is 5. The molecule has 0 N–H and O–H groups in total. The van der Waals surface area contributed by atoms with E-state index in [2.05, 4.69) is 10.2 Å². The van der Waals surface area contributed by atoms with Crippen molar-refractivity contribution in [3.8, 4) is 0 Å². The number of aryl methyl sites for hydroxylation is 2. The van der Waals surface area contributed by atoms with Gasteiger partial charge in [0.05, 0.1) is 5.75 Å². The number of sulfonamides is 1. The Morgan fingerprint density at radius 3 is 2.48 bits per heavy atom. The quantitative estimate of drug-likeness (QED) is 0.857. The first kappa shape index (κ1) is 16.1. The number of piperidine rings is 1. The molecule has 124 valence electrons. The third-order valence-electron chi connectivity index (χ3n) is 4.34. The van der Waals surface area contributed by atoms with Crippen molar-refractivity contribution in [1.82, 2.24) is 14.5 Å². The molecule has 1 saturated heterocycles. The minimum atomic E-state index is -3.29. The monoisotopic (exact) mass is 335 g/mol. The molecule has 1 aliphatic heterocycles. The highest BCUT2D eigenvalue weighted by Gasteiger charge is 2.31. The van der Waals surface area contributed by atoms with Crippen LogP contribution in [0.25, 0.3) is 0 Å². The summed E-state index contributed by atoms with van der Waals surface area (Å²) in [5.74, 6) is 1.39. The van der Waals surface area contributed by atoms with Crippen molar-refractivity contribution in [3.63, 3.8) is 0 Å². The van der Waals surface area contributed by atoms with Crippen LogP contribution in [0.15, 0.2) is 28.7 Å². The lowest BCUT2D eigenvalue weighted by Crippen LogP contribution is -2.38. The third-order valence-corrected chi connectivity index (χ3v) is 6.17. The van der Waals surface area contributed by atoms with Gasteiger partial charge in [-0.3, -0.25) is 0 Å². The smallest absolute Gasteiger partial charge is 0.219 e. The summed E-state index contributed by atoms with van der Waals surface area (Å²) in [5, 5.41) is 7.90. The first-order chi connectivity index (χ1) is 11.0. The van der Waals surface area contributed by atoms with Crippen LogP contribution in [0.2, 0.25) is 0 Å². The van der Waals surface area contributed by atoms with Crippen molar-refractivity contribution < 1.29 is 12.8 Å². The summed E-state index contributed by atoms with van der Waals surface area (Å²) in [7, 11) is -3.29. The van der Waals surface area contributed by atoms with Crippen molar-refractivity contribution in [2.24, 2.45) is 0 Å². The molecule has 3 rings (SSSR count). The molecule has 23 heavy (non-hydrogen) atoms. The second kappa shape index (κ2) is 6.41. The second-order valence-corrected chi connectivity index (χ2v) is 7.98. The van der Waals surface area contributed by atoms with E-state index in [-0.39, 0.29) is 11.7 Å². The summed E-state index contributed by atoms with van der Waals surface area (Å²) >= 11 is 0. The minimum Gasteiger partial charge on any atom is -0.425 e. The van der Waals surface area contributed by atoms with Gasteiger partial charge in [0.15, 0.2) is 0 Å². The summed E-state index contributed by atoms with van der Waals surface area (Å²) in [6, 6.07) is 7.61. The SMILES string of the molecule is Cc1nnc(C2CCN(S(=O)(=O)Cc3ccccc3C)CC2)o1. The van der Waals surface area contributed by atoms with E-state index in [1.165, 1.54) is 0 Å². The summed E-state index contributed by atoms with van der Waals surface area (Å²) in [4.78, 5) is 0. The van der Waals surface area contributed by atoms with E-state index in [9.17, 15) is 8.42 Å². The van der Waals surface area contributed by atoms with Crippen LogP contribution in [0.5, 0.6) is 0 Å². The van der Waals surface area contributed by atoms with Gasteiger partial charge in [-0.1, -0.05) is 24.3 Å². The zero-order valence-corrected chi connectivity index (χ0v) is 14.2. The van der Waals surface area contributed by atoms with Crippen LogP contribution in [-0.4, -0.2) is 36.0 Å². The van der Waals surface area contributed by atoms with Crippen LogP contribution < -0.4 is 0 Å². The van der Waals surface area contributed by atoms with Crippen LogP contribution >= 0.6 is 0 Å². The van der Waals surface area contributed by atoms with E-state index >= 15 is 0 Å². The van der Waals surface area contributed by atoms with Crippen LogP contribution in [0, 0.1) is 13.8 Å². The minimum absolute atomic E-state index is 0.0595. The number of rotatable bonds is 4. The molecule has 1 aromatic heterocycles. The summed E-state index contributed by atoms with van der Waals surface area (Å²) in [6.07, 6.45) is 1.43. The van der Waals surface area contributed by atoms with Crippen LogP contribution in [0.1, 0.15) is 41.7 Å². The number of hydrogen-bond donors (Lipinski definition) is 0. The van der Waals surface area contributed by atoms with Crippen LogP contribution in [0.3, 0.4) is 0 Å². The van der Waals surface area contributed by atoms with Gasteiger partial charge >= 0.3 is 0 Å². The molecular weight excluding hydrogens is 314 g/mol. The fourth-order valence-corrected chi connectivity index (χ4v) is 4.58. The van der Waals surface area contributed by atoms with E-state index in [0.29, 0.717) is 37.7 Å². The van der Waals surface area contributed by atoms with Crippen molar-refractivity contribution in [2.75, 3.05) is 13.1 Å². The van der Waals surface area contributed by atoms with Gasteiger partial charge in [-0.2, -0.15) is 0 Å². The highest BCUT2D eigenvalue weighted by atomic mass is 32.2. The Hall–Kier alpha value is -1.73. The Bertz CT molecular complexity index is 777. The molecule has 0 saturated carbocycles. The highest BCUT2D eigenvalue weighted by Crippen LogP contribution is 2.29. The number of nitrogens with zero attached hydrogens (tertiary/aromatic N) is 3. The lowest BCUT2D eigenvalue weighted by molar-refractivity contribution is 0.287. The molecule has 0 aliphatic carbocycles. The average molecular weight is 335 g/mol. The maximum Gasteiger partial charge on any atom is 0.219 e. The predicted molar refractivity (Wildman–Crippen MR) is 86.4 cm³/mol. The molecule has 0 amide bonds. The predicted octanol–water partition coefficient (Wildman–Crippen LogP) is 2.40. The summed E-state index contributed by atoms with van der Waals surface area (Å²) in [6.45, 7) is 4.70. The molecule has 6 nitrogen and oxygen atoms in total. The molecule has 1 aromatic carbocycles. The van der Waals surface area contributed by atoms with Crippen molar-refractivity contribution in [2.45, 2.75) is 38.4 Å². The fraction of sp³-hybridized carbons (Fsp3) is 0.500. The molecule has 0 spiro atoms. The van der Waals surface area contributed by atoms with E-state index in [1.54, 1.807) is 11.2 Å². The van der Waals surface area contributed by atoms with Crippen LogP contribution in [0.4, 0.5) is 0 Å². The van der Waals surface area contributed by atoms with Gasteiger partial charge in [0.25, 0.3) is 0 Å². The molecule has 0 bridgehead atoms. The summed E-state index contributed by atoms with van der Waals surface area (Å²) < 4.78 is 32.3. The van der Waals surface area contributed by atoms with Gasteiger partial charge in [0, 0.05) is 25.9 Å². The lowest BCUT2D eigenvalue weighted by atomic mass is 9.98. The first-order valence-electron chi connectivity index (χ1n) is 7.78. The Balaban J connectivity index is 1.65. The van der Waals surface area contributed by atoms with E-state index in [0.717, 1.165) is 11.1 Å². The zero-order valence-electron chi connectivity index (χ0n) is 13.4. The molecule has 1 fully saturated rings. The largest absolute Gasteiger partial charge is 0.425 e. The van der Waals surface area contributed by atoms with Crippen molar-refractivity contribution in [1.29, 1.82) is 0 Å². The van der Waals surface area contributed by atoms with Gasteiger partial charge in [0.1, 0.15) is 0 Å². The number of aromatic nitrogens is 2. The Kier molecular flexibility index (Phi) is 4.50. The van der Waals surface area contributed by atoms with Gasteiger partial charge in [-0.05, 0) is 30.9 Å². The molecule has 0 atom stereocenters. The molecule has 0 radical (unpaired) electrons. The molecule has 2 aromatic rings. The molecular formula is C16H21N3O3S. The zero-order chi connectivity index (χ0) is 16.4. The van der Waals surface area contributed by atoms with Crippen LogP contribution in [-0.2, 0) is 15.8 Å².